The van der Waals surface area contributed by atoms with Crippen molar-refractivity contribution in [1.29, 1.82) is 0 Å². The predicted molar refractivity (Wildman–Crippen MR) is 103 cm³/mol. The van der Waals surface area contributed by atoms with E-state index in [-0.39, 0.29) is 39.6 Å². The number of methoxy groups -OCH3 is 1. The minimum Gasteiger partial charge on any atom is -0.384 e. The van der Waals surface area contributed by atoms with E-state index in [1.54, 1.807) is 0 Å². The summed E-state index contributed by atoms with van der Waals surface area (Å²) >= 11 is 0. The van der Waals surface area contributed by atoms with Crippen LogP contribution in [0.15, 0.2) is 47.4 Å². The summed E-state index contributed by atoms with van der Waals surface area (Å²) < 4.78 is 83.9. The molecule has 3 aromatic rings. The summed E-state index contributed by atoms with van der Waals surface area (Å²) in [6.45, 7) is 1.52. The molecule has 0 aliphatic rings. The van der Waals surface area contributed by atoms with Crippen LogP contribution in [0.25, 0.3) is 22.4 Å². The Kier molecular flexibility index (Phi) is 6.00. The van der Waals surface area contributed by atoms with Crippen molar-refractivity contribution < 1.29 is 30.7 Å². The number of aromatic amines is 1. The zero-order valence-corrected chi connectivity index (χ0v) is 16.9. The first-order valence-corrected chi connectivity index (χ1v) is 10.4. The molecule has 0 radical (unpaired) electrons. The monoisotopic (exact) mass is 442 g/mol. The molecule has 1 N–H and O–H groups in total. The Morgan fingerprint density at radius 3 is 2.27 bits per heavy atom. The van der Waals surface area contributed by atoms with Gasteiger partial charge in [0.25, 0.3) is 0 Å². The number of benzene rings is 2. The molecule has 0 spiro atoms. The molecule has 0 atom stereocenters. The Morgan fingerprint density at radius 1 is 1.07 bits per heavy atom. The molecule has 0 aliphatic carbocycles. The molecule has 0 aliphatic heterocycles. The van der Waals surface area contributed by atoms with E-state index < -0.39 is 27.5 Å². The lowest BCUT2D eigenvalue weighted by molar-refractivity contribution is -0.140. The van der Waals surface area contributed by atoms with Crippen LogP contribution in [-0.2, 0) is 20.8 Å². The maximum atomic E-state index is 14.0. The molecule has 5 nitrogen and oxygen atoms in total. The van der Waals surface area contributed by atoms with Gasteiger partial charge in [0.15, 0.2) is 9.84 Å². The molecule has 0 amide bonds. The standard InChI is InChI=1S/C20H18F4N2O3S/c1-12-3-4-14(11-16(12)21)17-18(25-26-19(17)20(22,23)24)13-5-7-15(8-6-13)30(27,28)10-9-29-2/h3-8,11H,9-10H2,1-2H3,(H,25,26). The lowest BCUT2D eigenvalue weighted by atomic mass is 9.97. The number of alkyl halides is 3. The molecule has 0 unspecified atom stereocenters. The molecule has 30 heavy (non-hydrogen) atoms. The van der Waals surface area contributed by atoms with Crippen molar-refractivity contribution in [2.75, 3.05) is 19.5 Å². The molecule has 10 heteroatoms. The summed E-state index contributed by atoms with van der Waals surface area (Å²) in [5.41, 5.74) is -0.933. The maximum Gasteiger partial charge on any atom is 0.433 e. The van der Waals surface area contributed by atoms with Gasteiger partial charge < -0.3 is 4.74 Å². The Labute approximate surface area is 170 Å². The van der Waals surface area contributed by atoms with E-state index in [2.05, 4.69) is 5.10 Å². The van der Waals surface area contributed by atoms with E-state index in [4.69, 9.17) is 4.74 Å². The van der Waals surface area contributed by atoms with E-state index in [9.17, 15) is 26.0 Å². The van der Waals surface area contributed by atoms with Gasteiger partial charge in [-0.2, -0.15) is 18.3 Å². The van der Waals surface area contributed by atoms with Crippen molar-refractivity contribution in [2.24, 2.45) is 0 Å². The van der Waals surface area contributed by atoms with Gasteiger partial charge in [-0.3, -0.25) is 5.10 Å². The Balaban J connectivity index is 2.11. The number of aryl methyl sites for hydroxylation is 1. The van der Waals surface area contributed by atoms with Gasteiger partial charge in [-0.05, 0) is 36.2 Å². The van der Waals surface area contributed by atoms with Crippen LogP contribution in [-0.4, -0.2) is 38.1 Å². The predicted octanol–water partition coefficient (Wildman–Crippen LogP) is 4.63. The van der Waals surface area contributed by atoms with Crippen molar-refractivity contribution in [3.05, 3.63) is 59.5 Å². The molecule has 1 heterocycles. The number of nitrogens with zero attached hydrogens (tertiary/aromatic N) is 1. The molecule has 2 aromatic carbocycles. The van der Waals surface area contributed by atoms with Gasteiger partial charge in [-0.1, -0.05) is 24.3 Å². The summed E-state index contributed by atoms with van der Waals surface area (Å²) in [5.74, 6) is -0.871. The number of halogens is 4. The van der Waals surface area contributed by atoms with Gasteiger partial charge in [0.05, 0.1) is 17.3 Å². The highest BCUT2D eigenvalue weighted by Crippen LogP contribution is 2.41. The summed E-state index contributed by atoms with van der Waals surface area (Å²) in [6.07, 6.45) is -4.74. The fourth-order valence-corrected chi connectivity index (χ4v) is 4.09. The molecule has 1 aromatic heterocycles. The zero-order chi connectivity index (χ0) is 22.1. The van der Waals surface area contributed by atoms with Crippen molar-refractivity contribution >= 4 is 9.84 Å². The zero-order valence-electron chi connectivity index (χ0n) is 16.0. The molecule has 0 saturated carbocycles. The van der Waals surface area contributed by atoms with E-state index in [0.29, 0.717) is 5.56 Å². The van der Waals surface area contributed by atoms with Gasteiger partial charge in [0, 0.05) is 18.2 Å². The van der Waals surface area contributed by atoms with E-state index in [0.717, 1.165) is 6.07 Å². The van der Waals surface area contributed by atoms with Gasteiger partial charge in [0.1, 0.15) is 17.2 Å². The third kappa shape index (κ3) is 4.39. The smallest absolute Gasteiger partial charge is 0.384 e. The minimum absolute atomic E-state index is 0.00553. The topological polar surface area (TPSA) is 72.1 Å². The lowest BCUT2D eigenvalue weighted by Gasteiger charge is -2.10. The SMILES string of the molecule is COCCS(=O)(=O)c1ccc(-c2n[nH]c(C(F)(F)F)c2-c2ccc(C)c(F)c2)cc1. The van der Waals surface area contributed by atoms with Crippen LogP contribution in [0.3, 0.4) is 0 Å². The molecule has 3 rings (SSSR count). The van der Waals surface area contributed by atoms with E-state index in [1.165, 1.54) is 50.4 Å². The summed E-state index contributed by atoms with van der Waals surface area (Å²) in [4.78, 5) is 0.0119. The van der Waals surface area contributed by atoms with E-state index in [1.807, 2.05) is 5.10 Å². The second kappa shape index (κ2) is 8.19. The molecule has 0 saturated heterocycles. The van der Waals surface area contributed by atoms with Gasteiger partial charge in [0.2, 0.25) is 0 Å². The average molecular weight is 442 g/mol. The third-order valence-electron chi connectivity index (χ3n) is 4.55. The third-order valence-corrected chi connectivity index (χ3v) is 6.25. The number of hydrogen-bond acceptors (Lipinski definition) is 4. The van der Waals surface area contributed by atoms with E-state index >= 15 is 0 Å². The minimum atomic E-state index is -4.74. The molecule has 0 fully saturated rings. The molecule has 0 bridgehead atoms. The van der Waals surface area contributed by atoms with Crippen LogP contribution in [0.1, 0.15) is 11.3 Å². The van der Waals surface area contributed by atoms with Crippen LogP contribution in [0.4, 0.5) is 17.6 Å². The summed E-state index contributed by atoms with van der Waals surface area (Å²) in [5, 5.41) is 5.77. The Morgan fingerprint density at radius 2 is 1.70 bits per heavy atom. The highest BCUT2D eigenvalue weighted by atomic mass is 32.2. The first-order chi connectivity index (χ1) is 14.0. The summed E-state index contributed by atoms with van der Waals surface area (Å²) in [6, 6.07) is 9.10. The van der Waals surface area contributed by atoms with Crippen LogP contribution >= 0.6 is 0 Å². The van der Waals surface area contributed by atoms with Crippen molar-refractivity contribution in [3.8, 4) is 22.4 Å². The van der Waals surface area contributed by atoms with Crippen molar-refractivity contribution in [1.82, 2.24) is 10.2 Å². The van der Waals surface area contributed by atoms with Crippen molar-refractivity contribution in [3.63, 3.8) is 0 Å². The quantitative estimate of drug-likeness (QED) is 0.565. The van der Waals surface area contributed by atoms with Crippen LogP contribution in [0.2, 0.25) is 0 Å². The summed E-state index contributed by atoms with van der Waals surface area (Å²) in [7, 11) is -2.22. The fourth-order valence-electron chi connectivity index (χ4n) is 2.92. The number of nitrogens with one attached hydrogen (secondary N) is 1. The number of hydrogen-bond donors (Lipinski definition) is 1. The number of ether oxygens (including phenoxy) is 1. The highest BCUT2D eigenvalue weighted by Gasteiger charge is 2.38. The average Bonchev–Trinajstić information content (AvgIpc) is 3.14. The van der Waals surface area contributed by atoms with Gasteiger partial charge in [-0.15, -0.1) is 0 Å². The molecular formula is C20H18F4N2O3S. The second-order valence-electron chi connectivity index (χ2n) is 6.62. The Hall–Kier alpha value is -2.72. The lowest BCUT2D eigenvalue weighted by Crippen LogP contribution is -2.11. The number of rotatable bonds is 6. The molecule has 160 valence electrons. The normalized spacial score (nSPS) is 12.3. The maximum absolute atomic E-state index is 14.0. The fraction of sp³-hybridized carbons (Fsp3) is 0.250. The van der Waals surface area contributed by atoms with Crippen molar-refractivity contribution in [2.45, 2.75) is 18.0 Å². The number of aromatic nitrogens is 2. The highest BCUT2D eigenvalue weighted by molar-refractivity contribution is 7.91. The van der Waals surface area contributed by atoms with Crippen LogP contribution in [0.5, 0.6) is 0 Å². The number of H-pyrrole nitrogens is 1. The first kappa shape index (κ1) is 22.0. The second-order valence-corrected chi connectivity index (χ2v) is 8.73. The first-order valence-electron chi connectivity index (χ1n) is 8.79. The van der Waals surface area contributed by atoms with Crippen LogP contribution in [0, 0.1) is 12.7 Å². The van der Waals surface area contributed by atoms with Crippen LogP contribution < -0.4 is 0 Å². The number of sulfone groups is 1. The molecular weight excluding hydrogens is 424 g/mol. The largest absolute Gasteiger partial charge is 0.433 e. The van der Waals surface area contributed by atoms with Gasteiger partial charge in [-0.25, -0.2) is 12.8 Å². The Bertz CT molecular complexity index is 1150. The van der Waals surface area contributed by atoms with Gasteiger partial charge >= 0.3 is 6.18 Å².